The number of aromatic nitrogens is 1. The SMILES string of the molecule is Cc1cc(NC(=O)[C@@H](N)C(C)(C)C)ccn1.Cl.Cl. The summed E-state index contributed by atoms with van der Waals surface area (Å²) in [5.74, 6) is -0.168. The van der Waals surface area contributed by atoms with Gasteiger partial charge >= 0.3 is 0 Å². The van der Waals surface area contributed by atoms with E-state index < -0.39 is 6.04 Å². The molecular weight excluding hydrogens is 273 g/mol. The van der Waals surface area contributed by atoms with E-state index in [9.17, 15) is 4.79 Å². The van der Waals surface area contributed by atoms with Crippen LogP contribution in [0.25, 0.3) is 0 Å². The molecule has 3 N–H and O–H groups in total. The lowest BCUT2D eigenvalue weighted by Gasteiger charge is -2.25. The first-order valence-electron chi connectivity index (χ1n) is 5.30. The number of carbonyl (C=O) groups is 1. The summed E-state index contributed by atoms with van der Waals surface area (Å²) in [5, 5.41) is 2.79. The minimum atomic E-state index is -0.527. The first kappa shape index (κ1) is 19.5. The number of nitrogens with one attached hydrogen (secondary N) is 1. The van der Waals surface area contributed by atoms with Crippen LogP contribution in [-0.2, 0) is 4.79 Å². The number of anilines is 1. The molecule has 0 aromatic carbocycles. The number of carbonyl (C=O) groups excluding carboxylic acids is 1. The minimum absolute atomic E-state index is 0. The Morgan fingerprint density at radius 1 is 1.39 bits per heavy atom. The lowest BCUT2D eigenvalue weighted by Crippen LogP contribution is -2.45. The number of pyridine rings is 1. The van der Waals surface area contributed by atoms with Crippen LogP contribution in [0.4, 0.5) is 5.69 Å². The van der Waals surface area contributed by atoms with E-state index in [2.05, 4.69) is 10.3 Å². The molecule has 1 amide bonds. The topological polar surface area (TPSA) is 68.0 Å². The van der Waals surface area contributed by atoms with Crippen molar-refractivity contribution >= 4 is 36.4 Å². The summed E-state index contributed by atoms with van der Waals surface area (Å²) in [6.07, 6.45) is 1.66. The molecule has 1 aromatic heterocycles. The van der Waals surface area contributed by atoms with Crippen molar-refractivity contribution in [2.24, 2.45) is 11.1 Å². The number of rotatable bonds is 2. The van der Waals surface area contributed by atoms with Gasteiger partial charge in [-0.15, -0.1) is 24.8 Å². The van der Waals surface area contributed by atoms with E-state index in [1.807, 2.05) is 33.8 Å². The zero-order valence-electron chi connectivity index (χ0n) is 11.1. The minimum Gasteiger partial charge on any atom is -0.325 e. The highest BCUT2D eigenvalue weighted by Gasteiger charge is 2.27. The summed E-state index contributed by atoms with van der Waals surface area (Å²) in [4.78, 5) is 15.9. The van der Waals surface area contributed by atoms with Crippen molar-refractivity contribution in [2.75, 3.05) is 5.32 Å². The van der Waals surface area contributed by atoms with Crippen molar-refractivity contribution in [1.29, 1.82) is 0 Å². The third-order valence-corrected chi connectivity index (χ3v) is 2.38. The molecule has 0 aliphatic rings. The Morgan fingerprint density at radius 2 is 1.94 bits per heavy atom. The highest BCUT2D eigenvalue weighted by atomic mass is 35.5. The van der Waals surface area contributed by atoms with Crippen LogP contribution in [0.3, 0.4) is 0 Å². The molecule has 0 bridgehead atoms. The molecule has 0 spiro atoms. The molecule has 1 rings (SSSR count). The molecular formula is C12H21Cl2N3O. The zero-order valence-corrected chi connectivity index (χ0v) is 12.7. The van der Waals surface area contributed by atoms with Crippen molar-refractivity contribution < 1.29 is 4.79 Å². The summed E-state index contributed by atoms with van der Waals surface area (Å²) >= 11 is 0. The lowest BCUT2D eigenvalue weighted by atomic mass is 9.87. The Kier molecular flexibility index (Phi) is 8.19. The van der Waals surface area contributed by atoms with Crippen molar-refractivity contribution in [2.45, 2.75) is 33.7 Å². The number of halogens is 2. The molecule has 0 saturated heterocycles. The molecule has 1 atom stereocenters. The van der Waals surface area contributed by atoms with E-state index in [1.54, 1.807) is 12.3 Å². The van der Waals surface area contributed by atoms with Crippen LogP contribution in [0.1, 0.15) is 26.5 Å². The number of nitrogens with zero attached hydrogens (tertiary/aromatic N) is 1. The molecule has 0 fully saturated rings. The Bertz CT molecular complexity index is 391. The summed E-state index contributed by atoms with van der Waals surface area (Å²) in [7, 11) is 0. The van der Waals surface area contributed by atoms with Crippen LogP contribution in [-0.4, -0.2) is 16.9 Å². The maximum atomic E-state index is 11.8. The van der Waals surface area contributed by atoms with Gasteiger partial charge in [-0.1, -0.05) is 20.8 Å². The van der Waals surface area contributed by atoms with E-state index in [0.29, 0.717) is 0 Å². The second-order valence-electron chi connectivity index (χ2n) is 5.02. The van der Waals surface area contributed by atoms with E-state index in [4.69, 9.17) is 5.73 Å². The Labute approximate surface area is 121 Å². The molecule has 6 heteroatoms. The highest BCUT2D eigenvalue weighted by Crippen LogP contribution is 2.18. The number of nitrogens with two attached hydrogens (primary N) is 1. The maximum Gasteiger partial charge on any atom is 0.241 e. The molecule has 0 aliphatic heterocycles. The van der Waals surface area contributed by atoms with Gasteiger partial charge < -0.3 is 11.1 Å². The van der Waals surface area contributed by atoms with Gasteiger partial charge in [0, 0.05) is 17.6 Å². The van der Waals surface area contributed by atoms with Gasteiger partial charge in [0.25, 0.3) is 0 Å². The largest absolute Gasteiger partial charge is 0.325 e. The quantitative estimate of drug-likeness (QED) is 0.880. The fraction of sp³-hybridized carbons (Fsp3) is 0.500. The lowest BCUT2D eigenvalue weighted by molar-refractivity contribution is -0.119. The molecule has 1 heterocycles. The third kappa shape index (κ3) is 5.67. The van der Waals surface area contributed by atoms with Crippen molar-refractivity contribution in [1.82, 2.24) is 4.98 Å². The highest BCUT2D eigenvalue weighted by molar-refractivity contribution is 5.95. The Balaban J connectivity index is 0. The smallest absolute Gasteiger partial charge is 0.241 e. The normalized spacial score (nSPS) is 11.8. The van der Waals surface area contributed by atoms with Gasteiger partial charge in [-0.05, 0) is 24.5 Å². The van der Waals surface area contributed by atoms with Crippen LogP contribution in [0.5, 0.6) is 0 Å². The molecule has 4 nitrogen and oxygen atoms in total. The zero-order chi connectivity index (χ0) is 12.3. The van der Waals surface area contributed by atoms with Gasteiger partial charge in [0.1, 0.15) is 0 Å². The number of hydrogen-bond acceptors (Lipinski definition) is 3. The molecule has 104 valence electrons. The Morgan fingerprint density at radius 3 is 2.39 bits per heavy atom. The molecule has 1 aromatic rings. The molecule has 0 radical (unpaired) electrons. The third-order valence-electron chi connectivity index (χ3n) is 2.38. The predicted molar refractivity (Wildman–Crippen MR) is 79.5 cm³/mol. The van der Waals surface area contributed by atoms with Crippen LogP contribution in [0.2, 0.25) is 0 Å². The standard InChI is InChI=1S/C12H19N3O.2ClH/c1-8-7-9(5-6-14-8)15-11(16)10(13)12(2,3)4;;/h5-7,10H,13H2,1-4H3,(H,14,15,16);2*1H/t10-;;/m1../s1. The molecule has 0 unspecified atom stereocenters. The van der Waals surface area contributed by atoms with E-state index in [-0.39, 0.29) is 36.1 Å². The van der Waals surface area contributed by atoms with Crippen LogP contribution < -0.4 is 11.1 Å². The van der Waals surface area contributed by atoms with E-state index in [1.165, 1.54) is 0 Å². The summed E-state index contributed by atoms with van der Waals surface area (Å²) < 4.78 is 0. The van der Waals surface area contributed by atoms with Crippen LogP contribution in [0, 0.1) is 12.3 Å². The number of hydrogen-bond donors (Lipinski definition) is 2. The summed E-state index contributed by atoms with van der Waals surface area (Å²) in [5.41, 5.74) is 7.21. The van der Waals surface area contributed by atoms with Crippen LogP contribution in [0.15, 0.2) is 18.3 Å². The van der Waals surface area contributed by atoms with Crippen molar-refractivity contribution in [3.8, 4) is 0 Å². The van der Waals surface area contributed by atoms with Gasteiger partial charge in [-0.25, -0.2) is 0 Å². The Hall–Kier alpha value is -0.840. The fourth-order valence-corrected chi connectivity index (χ4v) is 1.24. The van der Waals surface area contributed by atoms with Gasteiger partial charge in [-0.3, -0.25) is 9.78 Å². The van der Waals surface area contributed by atoms with Crippen LogP contribution >= 0.6 is 24.8 Å². The van der Waals surface area contributed by atoms with Crippen molar-refractivity contribution in [3.05, 3.63) is 24.0 Å². The van der Waals surface area contributed by atoms with Crippen molar-refractivity contribution in [3.63, 3.8) is 0 Å². The van der Waals surface area contributed by atoms with E-state index >= 15 is 0 Å². The monoisotopic (exact) mass is 293 g/mol. The first-order valence-corrected chi connectivity index (χ1v) is 5.30. The first-order chi connectivity index (χ1) is 7.30. The van der Waals surface area contributed by atoms with Gasteiger partial charge in [0.2, 0.25) is 5.91 Å². The number of aryl methyl sites for hydroxylation is 1. The molecule has 0 saturated carbocycles. The van der Waals surface area contributed by atoms with E-state index in [0.717, 1.165) is 11.4 Å². The van der Waals surface area contributed by atoms with Gasteiger partial charge in [0.05, 0.1) is 6.04 Å². The average Bonchev–Trinajstić information content (AvgIpc) is 2.15. The molecule has 0 aliphatic carbocycles. The maximum absolute atomic E-state index is 11.8. The molecule has 18 heavy (non-hydrogen) atoms. The second kappa shape index (κ2) is 7.56. The average molecular weight is 294 g/mol. The summed E-state index contributed by atoms with van der Waals surface area (Å²) in [6.45, 7) is 7.69. The van der Waals surface area contributed by atoms with Gasteiger partial charge in [-0.2, -0.15) is 0 Å². The second-order valence-corrected chi connectivity index (χ2v) is 5.02. The predicted octanol–water partition coefficient (Wildman–Crippen LogP) is 2.55. The fourth-order valence-electron chi connectivity index (χ4n) is 1.24. The van der Waals surface area contributed by atoms with Gasteiger partial charge in [0.15, 0.2) is 0 Å². The summed E-state index contributed by atoms with van der Waals surface area (Å²) in [6, 6.07) is 3.04. The number of amides is 1.